The molecule has 0 bridgehead atoms. The maximum absolute atomic E-state index is 12.3. The van der Waals surface area contributed by atoms with Crippen LogP contribution in [0.15, 0.2) is 0 Å². The van der Waals surface area contributed by atoms with Gasteiger partial charge < -0.3 is 10.2 Å². The van der Waals surface area contributed by atoms with E-state index < -0.39 is 12.2 Å². The van der Waals surface area contributed by atoms with E-state index in [9.17, 15) is 15.0 Å². The van der Waals surface area contributed by atoms with Crippen molar-refractivity contribution in [2.24, 2.45) is 29.1 Å². The molecule has 3 saturated carbocycles. The molecule has 0 amide bonds. The lowest BCUT2D eigenvalue weighted by Crippen LogP contribution is -2.60. The third-order valence-electron chi connectivity index (χ3n) is 6.77. The van der Waals surface area contributed by atoms with Crippen molar-refractivity contribution in [1.82, 2.24) is 0 Å². The van der Waals surface area contributed by atoms with Crippen molar-refractivity contribution in [1.29, 1.82) is 0 Å². The van der Waals surface area contributed by atoms with Crippen LogP contribution in [0.5, 0.6) is 0 Å². The molecule has 0 radical (unpaired) electrons. The molecule has 3 aliphatic rings. The number of aliphatic hydroxyl groups is 2. The van der Waals surface area contributed by atoms with Crippen molar-refractivity contribution in [3.63, 3.8) is 0 Å². The molecule has 3 heteroatoms. The lowest BCUT2D eigenvalue weighted by Gasteiger charge is -2.57. The van der Waals surface area contributed by atoms with Crippen LogP contribution in [0.1, 0.15) is 65.2 Å². The maximum atomic E-state index is 12.3. The molecule has 3 fully saturated rings. The molecule has 0 unspecified atom stereocenters. The van der Waals surface area contributed by atoms with Crippen molar-refractivity contribution in [2.75, 3.05) is 0 Å². The minimum atomic E-state index is -0.587. The van der Waals surface area contributed by atoms with Crippen LogP contribution in [-0.2, 0) is 4.79 Å². The molecule has 0 heterocycles. The normalized spacial score (nSPS) is 38.7. The van der Waals surface area contributed by atoms with E-state index >= 15 is 0 Å². The summed E-state index contributed by atoms with van der Waals surface area (Å²) >= 11 is 0. The van der Waals surface area contributed by atoms with Gasteiger partial charge in [0.1, 0.15) is 11.9 Å². The van der Waals surface area contributed by atoms with Crippen molar-refractivity contribution in [3.8, 4) is 11.8 Å². The zero-order valence-corrected chi connectivity index (χ0v) is 14.4. The van der Waals surface area contributed by atoms with Crippen molar-refractivity contribution in [2.45, 2.75) is 77.4 Å². The summed E-state index contributed by atoms with van der Waals surface area (Å²) in [5.74, 6) is 7.45. The van der Waals surface area contributed by atoms with E-state index in [0.717, 1.165) is 12.8 Å². The first-order valence-corrected chi connectivity index (χ1v) is 9.35. The van der Waals surface area contributed by atoms with Gasteiger partial charge in [-0.15, -0.1) is 0 Å². The monoisotopic (exact) mass is 318 g/mol. The van der Waals surface area contributed by atoms with Crippen molar-refractivity contribution >= 4 is 5.78 Å². The van der Waals surface area contributed by atoms with E-state index in [-0.39, 0.29) is 17.3 Å². The molecule has 23 heavy (non-hydrogen) atoms. The van der Waals surface area contributed by atoms with Crippen molar-refractivity contribution < 1.29 is 15.0 Å². The second-order valence-electron chi connectivity index (χ2n) is 8.25. The smallest absolute Gasteiger partial charge is 0.139 e. The Morgan fingerprint density at radius 3 is 2.57 bits per heavy atom. The summed E-state index contributed by atoms with van der Waals surface area (Å²) in [6.07, 6.45) is 6.67. The standard InChI is InChI=1S/C20H30O3/c1-13(2)20-10-9-18(22)16(17(20)12-19(20)23)8-7-15(21)11-14-5-3-4-6-14/h13-18,21-22H,3-6,9-12H2,1-2H3/t15-,16-,17-,18-,20-/m1/s1. The highest BCUT2D eigenvalue weighted by Crippen LogP contribution is 2.59. The number of Topliss-reactive ketones (excluding diaryl/α,β-unsaturated/α-hetero) is 1. The number of ketones is 1. The van der Waals surface area contributed by atoms with E-state index in [1.807, 2.05) is 0 Å². The molecule has 5 atom stereocenters. The van der Waals surface area contributed by atoms with Crippen LogP contribution < -0.4 is 0 Å². The highest BCUT2D eigenvalue weighted by Gasteiger charge is 2.61. The summed E-state index contributed by atoms with van der Waals surface area (Å²) in [7, 11) is 0. The average Bonchev–Trinajstić information content (AvgIpc) is 2.98. The first-order chi connectivity index (χ1) is 10.9. The summed E-state index contributed by atoms with van der Waals surface area (Å²) in [6, 6.07) is 0. The topological polar surface area (TPSA) is 57.5 Å². The Kier molecular flexibility index (Phi) is 4.85. The number of aliphatic hydroxyl groups excluding tert-OH is 2. The van der Waals surface area contributed by atoms with Crippen LogP contribution in [0, 0.1) is 40.9 Å². The Bertz CT molecular complexity index is 509. The fraction of sp³-hybridized carbons (Fsp3) is 0.850. The molecule has 2 N–H and O–H groups in total. The number of fused-ring (bicyclic) bond motifs is 1. The Morgan fingerprint density at radius 1 is 1.26 bits per heavy atom. The maximum Gasteiger partial charge on any atom is 0.139 e. The summed E-state index contributed by atoms with van der Waals surface area (Å²) in [6.45, 7) is 4.22. The largest absolute Gasteiger partial charge is 0.392 e. The minimum Gasteiger partial charge on any atom is -0.392 e. The molecule has 0 aromatic heterocycles. The molecule has 128 valence electrons. The van der Waals surface area contributed by atoms with Crippen molar-refractivity contribution in [3.05, 3.63) is 0 Å². The highest BCUT2D eigenvalue weighted by atomic mass is 16.3. The van der Waals surface area contributed by atoms with E-state index in [2.05, 4.69) is 25.7 Å². The summed E-state index contributed by atoms with van der Waals surface area (Å²) in [5, 5.41) is 20.6. The molecule has 0 aromatic rings. The summed E-state index contributed by atoms with van der Waals surface area (Å²) in [4.78, 5) is 12.3. The fourth-order valence-electron chi connectivity index (χ4n) is 5.30. The Hall–Kier alpha value is -0.850. The Balaban J connectivity index is 1.69. The van der Waals surface area contributed by atoms with Gasteiger partial charge in [0.05, 0.1) is 12.0 Å². The molecular weight excluding hydrogens is 288 g/mol. The second-order valence-corrected chi connectivity index (χ2v) is 8.25. The lowest BCUT2D eigenvalue weighted by molar-refractivity contribution is -0.167. The molecule has 0 aliphatic heterocycles. The zero-order valence-electron chi connectivity index (χ0n) is 14.4. The van der Waals surface area contributed by atoms with Crippen LogP contribution in [0.2, 0.25) is 0 Å². The van der Waals surface area contributed by atoms with E-state index in [1.165, 1.54) is 25.7 Å². The van der Waals surface area contributed by atoms with E-state index in [4.69, 9.17) is 0 Å². The highest BCUT2D eigenvalue weighted by molar-refractivity contribution is 5.92. The van der Waals surface area contributed by atoms with Gasteiger partial charge in [-0.3, -0.25) is 4.79 Å². The molecule has 0 aromatic carbocycles. The predicted molar refractivity (Wildman–Crippen MR) is 89.5 cm³/mol. The first kappa shape index (κ1) is 17.0. The van der Waals surface area contributed by atoms with E-state index in [0.29, 0.717) is 30.5 Å². The number of hydrogen-bond acceptors (Lipinski definition) is 3. The predicted octanol–water partition coefficient (Wildman–Crippen LogP) is 2.93. The van der Waals surface area contributed by atoms with Crippen LogP contribution in [0.3, 0.4) is 0 Å². The Morgan fingerprint density at radius 2 is 1.96 bits per heavy atom. The van der Waals surface area contributed by atoms with E-state index in [1.54, 1.807) is 0 Å². The average molecular weight is 318 g/mol. The molecule has 3 rings (SSSR count). The van der Waals surface area contributed by atoms with Gasteiger partial charge in [0.2, 0.25) is 0 Å². The summed E-state index contributed by atoms with van der Waals surface area (Å²) in [5.41, 5.74) is -0.269. The van der Waals surface area contributed by atoms with Gasteiger partial charge in [-0.2, -0.15) is 0 Å². The SMILES string of the molecule is CC(C)[C@]12CC[C@@H](O)[C@H](C#C[C@@H](O)CC3CCCC3)[C@H]1CC2=O. The third-order valence-corrected chi connectivity index (χ3v) is 6.77. The van der Waals surface area contributed by atoms with Crippen LogP contribution in [0.4, 0.5) is 0 Å². The number of carbonyl (C=O) groups excluding carboxylic acids is 1. The van der Waals surface area contributed by atoms with Gasteiger partial charge in [-0.25, -0.2) is 0 Å². The van der Waals surface area contributed by atoms with Gasteiger partial charge in [0.25, 0.3) is 0 Å². The van der Waals surface area contributed by atoms with Crippen LogP contribution in [-0.4, -0.2) is 28.2 Å². The fourth-order valence-corrected chi connectivity index (χ4v) is 5.30. The Labute approximate surface area is 139 Å². The van der Waals surface area contributed by atoms with Gasteiger partial charge >= 0.3 is 0 Å². The molecule has 0 saturated heterocycles. The lowest BCUT2D eigenvalue weighted by atomic mass is 9.45. The zero-order chi connectivity index (χ0) is 16.6. The number of hydrogen-bond donors (Lipinski definition) is 2. The minimum absolute atomic E-state index is 0.151. The number of carbonyl (C=O) groups is 1. The molecule has 3 nitrogen and oxygen atoms in total. The number of rotatable bonds is 3. The summed E-state index contributed by atoms with van der Waals surface area (Å²) < 4.78 is 0. The quantitative estimate of drug-likeness (QED) is 0.787. The first-order valence-electron chi connectivity index (χ1n) is 9.35. The molecular formula is C20H30O3. The van der Waals surface area contributed by atoms with Gasteiger partial charge in [-0.05, 0) is 37.0 Å². The van der Waals surface area contributed by atoms with Crippen LogP contribution >= 0.6 is 0 Å². The van der Waals surface area contributed by atoms with Gasteiger partial charge in [0.15, 0.2) is 0 Å². The molecule has 3 aliphatic carbocycles. The molecule has 0 spiro atoms. The second kappa shape index (κ2) is 6.57. The third kappa shape index (κ3) is 2.96. The van der Waals surface area contributed by atoms with Gasteiger partial charge in [0, 0.05) is 11.8 Å². The van der Waals surface area contributed by atoms with Crippen LogP contribution in [0.25, 0.3) is 0 Å². The van der Waals surface area contributed by atoms with Gasteiger partial charge in [-0.1, -0.05) is 51.4 Å².